The van der Waals surface area contributed by atoms with Crippen LogP contribution in [0.4, 0.5) is 10.5 Å². The van der Waals surface area contributed by atoms with E-state index in [0.717, 1.165) is 17.3 Å². The molecule has 0 aliphatic carbocycles. The van der Waals surface area contributed by atoms with Crippen molar-refractivity contribution in [3.63, 3.8) is 0 Å². The topological polar surface area (TPSA) is 82.2 Å². The first kappa shape index (κ1) is 20.6. The SMILES string of the molecule is COc1cc(NC(=O)N2CCC(Oc3ccc4ccccc4n3)C2)cc(OC)c1OC. The number of para-hydroxylation sites is 1. The molecule has 1 unspecified atom stereocenters. The Labute approximate surface area is 180 Å². The summed E-state index contributed by atoms with van der Waals surface area (Å²) < 4.78 is 22.0. The number of benzene rings is 2. The molecule has 3 aromatic rings. The van der Waals surface area contributed by atoms with Crippen LogP contribution in [0.25, 0.3) is 10.9 Å². The molecular formula is C23H25N3O5. The summed E-state index contributed by atoms with van der Waals surface area (Å²) >= 11 is 0. The minimum absolute atomic E-state index is 0.112. The number of fused-ring (bicyclic) bond motifs is 1. The van der Waals surface area contributed by atoms with Crippen LogP contribution in [-0.4, -0.2) is 56.4 Å². The van der Waals surface area contributed by atoms with Crippen molar-refractivity contribution in [1.82, 2.24) is 9.88 Å². The maximum atomic E-state index is 12.8. The second kappa shape index (κ2) is 8.99. The van der Waals surface area contributed by atoms with E-state index in [9.17, 15) is 4.79 Å². The van der Waals surface area contributed by atoms with Gasteiger partial charge in [-0.3, -0.25) is 0 Å². The molecular weight excluding hydrogens is 398 g/mol. The van der Waals surface area contributed by atoms with E-state index >= 15 is 0 Å². The summed E-state index contributed by atoms with van der Waals surface area (Å²) in [6.45, 7) is 1.07. The number of carbonyl (C=O) groups excluding carboxylic acids is 1. The Morgan fingerprint density at radius 3 is 2.48 bits per heavy atom. The first-order valence-corrected chi connectivity index (χ1v) is 9.99. The first-order valence-electron chi connectivity index (χ1n) is 9.99. The molecule has 31 heavy (non-hydrogen) atoms. The van der Waals surface area contributed by atoms with Crippen molar-refractivity contribution in [2.75, 3.05) is 39.7 Å². The number of nitrogens with zero attached hydrogens (tertiary/aromatic N) is 2. The molecule has 1 fully saturated rings. The second-order valence-corrected chi connectivity index (χ2v) is 7.16. The number of nitrogens with one attached hydrogen (secondary N) is 1. The van der Waals surface area contributed by atoms with Gasteiger partial charge in [0, 0.05) is 36.6 Å². The Morgan fingerprint density at radius 1 is 1.03 bits per heavy atom. The number of carbonyl (C=O) groups is 1. The Kier molecular flexibility index (Phi) is 5.97. The Morgan fingerprint density at radius 2 is 1.77 bits per heavy atom. The molecule has 1 aliphatic rings. The summed E-state index contributed by atoms with van der Waals surface area (Å²) in [5, 5.41) is 3.96. The highest BCUT2D eigenvalue weighted by Gasteiger charge is 2.28. The number of anilines is 1. The zero-order valence-corrected chi connectivity index (χ0v) is 17.8. The number of urea groups is 1. The van der Waals surface area contributed by atoms with Gasteiger partial charge < -0.3 is 29.2 Å². The van der Waals surface area contributed by atoms with Gasteiger partial charge >= 0.3 is 6.03 Å². The van der Waals surface area contributed by atoms with Gasteiger partial charge in [0.2, 0.25) is 11.6 Å². The summed E-state index contributed by atoms with van der Waals surface area (Å²) in [6, 6.07) is 14.9. The predicted molar refractivity (Wildman–Crippen MR) is 117 cm³/mol. The van der Waals surface area contributed by atoms with Crippen LogP contribution in [0.1, 0.15) is 6.42 Å². The van der Waals surface area contributed by atoms with Gasteiger partial charge in [0.15, 0.2) is 11.5 Å². The summed E-state index contributed by atoms with van der Waals surface area (Å²) in [6.07, 6.45) is 0.622. The molecule has 8 nitrogen and oxygen atoms in total. The van der Waals surface area contributed by atoms with Gasteiger partial charge in [0.05, 0.1) is 39.1 Å². The van der Waals surface area contributed by atoms with E-state index in [0.29, 0.717) is 41.9 Å². The van der Waals surface area contributed by atoms with Crippen molar-refractivity contribution in [1.29, 1.82) is 0 Å². The fraction of sp³-hybridized carbons (Fsp3) is 0.304. The molecule has 0 radical (unpaired) electrons. The third-order valence-electron chi connectivity index (χ3n) is 5.21. The van der Waals surface area contributed by atoms with Gasteiger partial charge in [-0.25, -0.2) is 9.78 Å². The summed E-state index contributed by atoms with van der Waals surface area (Å²) in [5.74, 6) is 1.99. The van der Waals surface area contributed by atoms with Gasteiger partial charge in [0.25, 0.3) is 0 Å². The van der Waals surface area contributed by atoms with E-state index in [4.69, 9.17) is 18.9 Å². The molecule has 1 aliphatic heterocycles. The van der Waals surface area contributed by atoms with E-state index in [1.807, 2.05) is 36.4 Å². The highest BCUT2D eigenvalue weighted by atomic mass is 16.5. The van der Waals surface area contributed by atoms with E-state index in [1.54, 1.807) is 17.0 Å². The number of amides is 2. The smallest absolute Gasteiger partial charge is 0.321 e. The number of aromatic nitrogens is 1. The summed E-state index contributed by atoms with van der Waals surface area (Å²) in [5.41, 5.74) is 1.44. The number of ether oxygens (including phenoxy) is 4. The minimum Gasteiger partial charge on any atom is -0.493 e. The van der Waals surface area contributed by atoms with Crippen LogP contribution in [-0.2, 0) is 0 Å². The Hall–Kier alpha value is -3.68. The zero-order chi connectivity index (χ0) is 21.8. The Balaban J connectivity index is 1.40. The summed E-state index contributed by atoms with van der Waals surface area (Å²) in [7, 11) is 4.60. The molecule has 2 amide bonds. The molecule has 0 bridgehead atoms. The van der Waals surface area contributed by atoms with Crippen molar-refractivity contribution >= 4 is 22.6 Å². The van der Waals surface area contributed by atoms with Crippen LogP contribution in [0.3, 0.4) is 0 Å². The fourth-order valence-corrected chi connectivity index (χ4v) is 3.65. The Bertz CT molecular complexity index is 1060. The molecule has 162 valence electrons. The lowest BCUT2D eigenvalue weighted by atomic mass is 10.2. The second-order valence-electron chi connectivity index (χ2n) is 7.16. The van der Waals surface area contributed by atoms with Crippen LogP contribution in [0.15, 0.2) is 48.5 Å². The maximum Gasteiger partial charge on any atom is 0.321 e. The van der Waals surface area contributed by atoms with Gasteiger partial charge in [0.1, 0.15) is 6.10 Å². The lowest BCUT2D eigenvalue weighted by Gasteiger charge is -2.19. The van der Waals surface area contributed by atoms with Crippen LogP contribution in [0, 0.1) is 0 Å². The number of hydrogen-bond donors (Lipinski definition) is 1. The van der Waals surface area contributed by atoms with Gasteiger partial charge in [-0.2, -0.15) is 0 Å². The highest BCUT2D eigenvalue weighted by Crippen LogP contribution is 2.40. The quantitative estimate of drug-likeness (QED) is 0.647. The molecule has 2 heterocycles. The first-order chi connectivity index (χ1) is 15.1. The third kappa shape index (κ3) is 4.42. The molecule has 4 rings (SSSR count). The van der Waals surface area contributed by atoms with Crippen molar-refractivity contribution in [2.24, 2.45) is 0 Å². The van der Waals surface area contributed by atoms with Crippen LogP contribution in [0.2, 0.25) is 0 Å². The zero-order valence-electron chi connectivity index (χ0n) is 17.8. The minimum atomic E-state index is -0.216. The molecule has 1 saturated heterocycles. The number of methoxy groups -OCH3 is 3. The normalized spacial score (nSPS) is 15.6. The van der Waals surface area contributed by atoms with Crippen molar-refractivity contribution in [2.45, 2.75) is 12.5 Å². The third-order valence-corrected chi connectivity index (χ3v) is 5.21. The maximum absolute atomic E-state index is 12.8. The van der Waals surface area contributed by atoms with E-state index in [-0.39, 0.29) is 12.1 Å². The van der Waals surface area contributed by atoms with Crippen molar-refractivity contribution in [3.05, 3.63) is 48.5 Å². The largest absolute Gasteiger partial charge is 0.493 e. The number of pyridine rings is 1. The molecule has 2 aromatic carbocycles. The summed E-state index contributed by atoms with van der Waals surface area (Å²) in [4.78, 5) is 19.0. The van der Waals surface area contributed by atoms with Crippen LogP contribution in [0.5, 0.6) is 23.1 Å². The lowest BCUT2D eigenvalue weighted by Crippen LogP contribution is -2.34. The molecule has 1 N–H and O–H groups in total. The predicted octanol–water partition coefficient (Wildman–Crippen LogP) is 3.95. The molecule has 1 aromatic heterocycles. The molecule has 0 saturated carbocycles. The highest BCUT2D eigenvalue weighted by molar-refractivity contribution is 5.90. The number of hydrogen-bond acceptors (Lipinski definition) is 6. The van der Waals surface area contributed by atoms with E-state index in [2.05, 4.69) is 10.3 Å². The number of likely N-dealkylation sites (tertiary alicyclic amines) is 1. The monoisotopic (exact) mass is 423 g/mol. The van der Waals surface area contributed by atoms with Crippen LogP contribution < -0.4 is 24.3 Å². The van der Waals surface area contributed by atoms with Gasteiger partial charge in [-0.05, 0) is 12.1 Å². The average molecular weight is 423 g/mol. The van der Waals surface area contributed by atoms with Crippen molar-refractivity contribution in [3.8, 4) is 23.1 Å². The van der Waals surface area contributed by atoms with Crippen LogP contribution >= 0.6 is 0 Å². The number of rotatable bonds is 6. The average Bonchev–Trinajstić information content (AvgIpc) is 3.27. The van der Waals surface area contributed by atoms with Gasteiger partial charge in [-0.15, -0.1) is 0 Å². The van der Waals surface area contributed by atoms with Crippen molar-refractivity contribution < 1.29 is 23.7 Å². The standard InChI is InChI=1S/C23H25N3O5/c1-28-19-12-16(13-20(29-2)22(19)30-3)24-23(27)26-11-10-17(14-26)31-21-9-8-15-6-4-5-7-18(15)25-21/h4-9,12-13,17H,10-11,14H2,1-3H3,(H,24,27). The molecule has 8 heteroatoms. The molecule has 0 spiro atoms. The van der Waals surface area contributed by atoms with Gasteiger partial charge in [-0.1, -0.05) is 18.2 Å². The van der Waals surface area contributed by atoms with E-state index in [1.165, 1.54) is 21.3 Å². The van der Waals surface area contributed by atoms with E-state index < -0.39 is 0 Å². The lowest BCUT2D eigenvalue weighted by molar-refractivity contribution is 0.190. The fourth-order valence-electron chi connectivity index (χ4n) is 3.65. The molecule has 1 atom stereocenters.